The fourth-order valence-corrected chi connectivity index (χ4v) is 13.3. The van der Waals surface area contributed by atoms with E-state index in [2.05, 4.69) is 60.2 Å². The van der Waals surface area contributed by atoms with Crippen molar-refractivity contribution in [3.63, 3.8) is 0 Å². The highest BCUT2D eigenvalue weighted by Gasteiger charge is 2.60. The number of rotatable bonds is 30. The van der Waals surface area contributed by atoms with Gasteiger partial charge in [-0.3, -0.25) is 28.8 Å². The lowest BCUT2D eigenvalue weighted by atomic mass is 9.83. The monoisotopic (exact) mass is 1530 g/mol. The Morgan fingerprint density at radius 1 is 0.398 bits per heavy atom. The molecule has 8 unspecified atom stereocenters. The molecule has 0 spiro atoms. The Labute approximate surface area is 621 Å². The van der Waals surface area contributed by atoms with E-state index in [1.807, 2.05) is 0 Å². The van der Waals surface area contributed by atoms with E-state index in [0.29, 0.717) is 0 Å². The van der Waals surface area contributed by atoms with Crippen molar-refractivity contribution in [2.24, 2.45) is 30.7 Å². The van der Waals surface area contributed by atoms with Crippen LogP contribution in [0.15, 0.2) is 122 Å². The minimum Gasteiger partial charge on any atom is -0.459 e. The Morgan fingerprint density at radius 3 is 1.19 bits per heavy atom. The fraction of sp³-hybridized carbons (Fsp3) is 0.571. The van der Waals surface area contributed by atoms with Crippen LogP contribution in [0.2, 0.25) is 0 Å². The maximum absolute atomic E-state index is 14.3. The minimum absolute atomic E-state index is 0. The van der Waals surface area contributed by atoms with Crippen LogP contribution < -0.4 is 0 Å². The van der Waals surface area contributed by atoms with Crippen LogP contribution >= 0.6 is 11.8 Å². The lowest BCUT2D eigenvalue weighted by Crippen LogP contribution is -2.65. The number of esters is 9. The first kappa shape index (κ1) is 87.5. The molecule has 8 rings (SSSR count). The van der Waals surface area contributed by atoms with Crippen molar-refractivity contribution >= 4 is 73.9 Å². The van der Waals surface area contributed by atoms with Crippen LogP contribution in [-0.4, -0.2) is 228 Å². The van der Waals surface area contributed by atoms with Gasteiger partial charge in [0, 0.05) is 86.6 Å². The summed E-state index contributed by atoms with van der Waals surface area (Å²) in [6.07, 6.45) is -33.9. The van der Waals surface area contributed by atoms with Crippen LogP contribution in [0.4, 0.5) is 0 Å². The van der Waals surface area contributed by atoms with Crippen molar-refractivity contribution in [1.82, 2.24) is 0 Å². The molecule has 0 aromatic heterocycles. The zero-order chi connectivity index (χ0) is 75.9. The third kappa shape index (κ3) is 23.0. The maximum Gasteiger partial charge on any atom is 0.338 e. The number of hydrogen-bond acceptors (Lipinski definition) is 32. The van der Waals surface area contributed by atoms with Crippen LogP contribution in [-0.2, 0) is 105 Å². The quantitative estimate of drug-likeness (QED) is 0.0150. The van der Waals surface area contributed by atoms with Gasteiger partial charge in [-0.2, -0.15) is 0 Å². The number of hydrogen-bond donors (Lipinski definition) is 0. The molecule has 5 fully saturated rings. The molecular formula is C63H76BN18O25S. The third-order valence-electron chi connectivity index (χ3n) is 16.1. The summed E-state index contributed by atoms with van der Waals surface area (Å²) in [7, 11) is 0. The van der Waals surface area contributed by atoms with Gasteiger partial charge >= 0.3 is 53.7 Å². The number of azide groups is 6. The fourth-order valence-electron chi connectivity index (χ4n) is 12.0. The Kier molecular flexibility index (Phi) is 34.3. The molecule has 43 nitrogen and oxygen atoms in total. The maximum atomic E-state index is 14.3. The lowest BCUT2D eigenvalue weighted by molar-refractivity contribution is -0.309. The van der Waals surface area contributed by atoms with Crippen molar-refractivity contribution in [1.29, 1.82) is 0 Å². The van der Waals surface area contributed by atoms with Crippen molar-refractivity contribution < 1.29 is 120 Å². The number of carbonyl (C=O) groups is 9. The van der Waals surface area contributed by atoms with Gasteiger partial charge in [0.15, 0.2) is 61.6 Å². The van der Waals surface area contributed by atoms with E-state index < -0.39 is 226 Å². The van der Waals surface area contributed by atoms with Gasteiger partial charge < -0.3 is 75.8 Å². The molecule has 4 heterocycles. The van der Waals surface area contributed by atoms with Crippen LogP contribution in [0.5, 0.6) is 0 Å². The predicted molar refractivity (Wildman–Crippen MR) is 369 cm³/mol. The molecule has 577 valence electrons. The second-order valence-electron chi connectivity index (χ2n) is 23.2. The Hall–Kier alpha value is -11.1. The number of benzene rings is 3. The van der Waals surface area contributed by atoms with E-state index in [1.54, 1.807) is 42.5 Å². The second kappa shape index (κ2) is 42.3. The molecule has 108 heavy (non-hydrogen) atoms. The summed E-state index contributed by atoms with van der Waals surface area (Å²) in [6, 6.07) is 15.7. The zero-order valence-corrected chi connectivity index (χ0v) is 57.5. The van der Waals surface area contributed by atoms with Gasteiger partial charge in [0.05, 0.1) is 48.0 Å². The van der Waals surface area contributed by atoms with Gasteiger partial charge in [-0.25, -0.2) is 14.4 Å². The SMILES string of the molecule is C.C.CC(=O)OC1[C@H](O[C@@H]2C(OC(C)=O)[C@H](N=[N+]=[N-])CC(N=[N+]=[N-])[C@H]2O[C@H]2OC(CN=[N+]=[N-])[C@@H](OC(C)=O)[C@H](OC(C)=O)C2N=[N+]=[N-])O[C@H](CS[C@@H]2O[C@H](COC(=O)c3ccccc3)[C@@H](OC(=O)c3ccccc3)C2OC(=O)c2ccccc2)[C@@H]1O[C@H]1O[C@@H](CN=[N+]=[N-])[C@@H](OC(C)=O)C(OC(C)=O)C1N=[N+]=[N-].[2HH].[B]. The summed E-state index contributed by atoms with van der Waals surface area (Å²) in [4.78, 5) is 138. The highest BCUT2D eigenvalue weighted by Crippen LogP contribution is 2.43. The summed E-state index contributed by atoms with van der Waals surface area (Å²) in [5.74, 6) is -9.67. The molecule has 1 saturated carbocycles. The van der Waals surface area contributed by atoms with Gasteiger partial charge in [-0.1, -0.05) is 100 Å². The largest absolute Gasteiger partial charge is 0.459 e. The number of carbonyl (C=O) groups excluding carboxylic acids is 9. The molecule has 0 N–H and O–H groups in total. The minimum atomic E-state index is -2.20. The molecule has 4 saturated heterocycles. The molecule has 3 aromatic carbocycles. The zero-order valence-electron chi connectivity index (χ0n) is 56.7. The van der Waals surface area contributed by atoms with E-state index in [-0.39, 0.29) is 41.4 Å². The summed E-state index contributed by atoms with van der Waals surface area (Å²) in [5.41, 5.74) is 58.1. The molecule has 1 aliphatic carbocycles. The van der Waals surface area contributed by atoms with E-state index in [0.717, 1.165) is 53.3 Å². The van der Waals surface area contributed by atoms with E-state index in [4.69, 9.17) is 75.8 Å². The first-order chi connectivity index (χ1) is 50.5. The van der Waals surface area contributed by atoms with Crippen molar-refractivity contribution in [3.8, 4) is 0 Å². The molecule has 5 aliphatic rings. The number of ether oxygens (including phenoxy) is 16. The Morgan fingerprint density at radius 2 is 0.759 bits per heavy atom. The van der Waals surface area contributed by atoms with Crippen molar-refractivity contribution in [3.05, 3.63) is 170 Å². The molecule has 0 bridgehead atoms. The molecule has 45 heteroatoms. The van der Waals surface area contributed by atoms with Gasteiger partial charge in [0.25, 0.3) is 0 Å². The predicted octanol–water partition coefficient (Wildman–Crippen LogP) is 8.55. The standard InChI is InChI=1S/C61H66N18O25S.2CH4.B.H2/c1-27(80)90-44-36(70-76-64)22-37(71-77-65)45(102-58-42(72-78-66)50(93-30(4)83)46(91-28(2)81)38(96-58)23-68-74-62)52(44)104-60-53(95-32(6)85)49(103-59-43(73-79-67)51(94-31(5)84)47(92-29(3)82)39(97-59)24-69-75-63)41(98-60)26-105-61-54(101-57(88)35-20-14-9-15-21-35)48(100-56(87)34-18-12-8-13-19-34)40(99-61)25-89-55(86)33-16-10-7-11-17-33;;;;/h7-21,36-54,58-61H,22-26H2,1-6H3;2*1H4;;1H/t36-,37?,38?,39+,40-,41-,42?,43?,44?,45-,46-,47-,48-,49+,50-,51?,52-,53?,54?,58-,59-,60+,61+;;;;/m1..../s1/i;;;;1+1. The summed E-state index contributed by atoms with van der Waals surface area (Å²) in [6.45, 7) is 3.60. The van der Waals surface area contributed by atoms with Crippen molar-refractivity contribution in [2.75, 3.05) is 25.4 Å². The van der Waals surface area contributed by atoms with Crippen LogP contribution in [0, 0.1) is 0 Å². The normalized spacial score (nSPS) is 29.9. The van der Waals surface area contributed by atoms with Crippen LogP contribution in [0.3, 0.4) is 0 Å². The summed E-state index contributed by atoms with van der Waals surface area (Å²) >= 11 is 0.732. The van der Waals surface area contributed by atoms with Crippen LogP contribution in [0.1, 0.15) is 95.3 Å². The molecule has 3 radical (unpaired) electrons. The highest BCUT2D eigenvalue weighted by atomic mass is 32.2. The molecule has 3 aromatic rings. The lowest BCUT2D eigenvalue weighted by Gasteiger charge is -2.48. The van der Waals surface area contributed by atoms with E-state index in [9.17, 15) is 76.3 Å². The summed E-state index contributed by atoms with van der Waals surface area (Å²) in [5, 5.41) is 22.4. The Balaban J connectivity index is 0.00000627. The van der Waals surface area contributed by atoms with Gasteiger partial charge in [-0.05, 0) is 76.0 Å². The van der Waals surface area contributed by atoms with Crippen molar-refractivity contribution in [2.45, 2.75) is 203 Å². The molecular weight excluding hydrogens is 1450 g/mol. The average molecular weight is 1530 g/mol. The van der Waals surface area contributed by atoms with E-state index >= 15 is 0 Å². The summed E-state index contributed by atoms with van der Waals surface area (Å²) < 4.78 is 98.3. The highest BCUT2D eigenvalue weighted by molar-refractivity contribution is 7.99. The van der Waals surface area contributed by atoms with Gasteiger partial charge in [0.1, 0.15) is 66.9 Å². The molecule has 4 aliphatic heterocycles. The first-order valence-corrected chi connectivity index (χ1v) is 32.7. The molecule has 0 amide bonds. The molecule has 23 atom stereocenters. The average Bonchev–Trinajstić information content (AvgIpc) is 1.75. The third-order valence-corrected chi connectivity index (χ3v) is 17.3. The first-order valence-electron chi connectivity index (χ1n) is 31.7. The van der Waals surface area contributed by atoms with Crippen LogP contribution in [0.25, 0.3) is 62.7 Å². The topological polar surface area (TPSA) is 594 Å². The number of thioether (sulfide) groups is 1. The van der Waals surface area contributed by atoms with Gasteiger partial charge in [-0.15, -0.1) is 11.8 Å². The number of nitrogens with zero attached hydrogens (tertiary/aromatic N) is 18. The van der Waals surface area contributed by atoms with Gasteiger partial charge in [0.2, 0.25) is 0 Å². The Bertz CT molecular complexity index is 3960. The smallest absolute Gasteiger partial charge is 0.338 e. The second-order valence-corrected chi connectivity index (χ2v) is 24.3. The van der Waals surface area contributed by atoms with E-state index in [1.165, 1.54) is 48.5 Å².